The van der Waals surface area contributed by atoms with Crippen molar-refractivity contribution in [2.24, 2.45) is 0 Å². The van der Waals surface area contributed by atoms with Crippen LogP contribution < -0.4 is 0 Å². The minimum Gasteiger partial charge on any atom is -0.475 e. The lowest BCUT2D eigenvalue weighted by atomic mass is 9.84. The van der Waals surface area contributed by atoms with Gasteiger partial charge in [-0.3, -0.25) is 4.79 Å². The maximum absolute atomic E-state index is 12.4. The van der Waals surface area contributed by atoms with Crippen LogP contribution in [0.1, 0.15) is 46.1 Å². The number of hydrogen-bond donors (Lipinski definition) is 1. The van der Waals surface area contributed by atoms with Crippen LogP contribution in [0.25, 0.3) is 0 Å². The molecule has 5 nitrogen and oxygen atoms in total. The number of hydrogen-bond acceptors (Lipinski definition) is 3. The molecule has 1 amide bonds. The number of aryl methyl sites for hydroxylation is 1. The van der Waals surface area contributed by atoms with Crippen LogP contribution >= 0.6 is 0 Å². The molecule has 0 saturated carbocycles. The number of carbonyl (C=O) groups is 2. The van der Waals surface area contributed by atoms with Gasteiger partial charge in [-0.25, -0.2) is 4.79 Å². The number of carboxylic acid groups (broad SMARTS) is 1. The molecule has 0 aliphatic rings. The molecule has 0 saturated heterocycles. The van der Waals surface area contributed by atoms with Crippen LogP contribution in [-0.2, 0) is 5.41 Å². The molecule has 2 rings (SSSR count). The zero-order valence-electron chi connectivity index (χ0n) is 13.8. The predicted octanol–water partition coefficient (Wildman–Crippen LogP) is 3.34. The molecular formula is C18H21NO4. The Hall–Kier alpha value is -2.56. The van der Waals surface area contributed by atoms with Crippen LogP contribution in [0, 0.1) is 6.92 Å². The third-order valence-corrected chi connectivity index (χ3v) is 3.84. The van der Waals surface area contributed by atoms with Crippen molar-refractivity contribution in [2.45, 2.75) is 26.2 Å². The molecule has 1 N–H and O–H groups in total. The number of furan rings is 1. The van der Waals surface area contributed by atoms with Crippen molar-refractivity contribution in [3.05, 3.63) is 59.0 Å². The fourth-order valence-corrected chi connectivity index (χ4v) is 2.52. The Labute approximate surface area is 135 Å². The van der Waals surface area contributed by atoms with Crippen LogP contribution in [-0.4, -0.2) is 35.5 Å². The molecular weight excluding hydrogens is 294 g/mol. The van der Waals surface area contributed by atoms with E-state index < -0.39 is 5.97 Å². The first-order valence-electron chi connectivity index (χ1n) is 7.36. The third-order valence-electron chi connectivity index (χ3n) is 3.84. The molecule has 1 aromatic carbocycles. The Bertz CT molecular complexity index is 713. The van der Waals surface area contributed by atoms with E-state index in [-0.39, 0.29) is 22.8 Å². The second-order valence-electron chi connectivity index (χ2n) is 6.38. The largest absolute Gasteiger partial charge is 0.475 e. The molecule has 0 spiro atoms. The van der Waals surface area contributed by atoms with Gasteiger partial charge in [-0.2, -0.15) is 0 Å². The van der Waals surface area contributed by atoms with Gasteiger partial charge < -0.3 is 14.4 Å². The van der Waals surface area contributed by atoms with Crippen molar-refractivity contribution in [3.63, 3.8) is 0 Å². The van der Waals surface area contributed by atoms with E-state index in [2.05, 4.69) is 26.0 Å². The van der Waals surface area contributed by atoms with Gasteiger partial charge in [0, 0.05) is 19.0 Å². The summed E-state index contributed by atoms with van der Waals surface area (Å²) in [5, 5.41) is 8.86. The summed E-state index contributed by atoms with van der Waals surface area (Å²) in [6.07, 6.45) is 0. The van der Waals surface area contributed by atoms with E-state index >= 15 is 0 Å². The molecule has 122 valence electrons. The number of amides is 1. The maximum Gasteiger partial charge on any atom is 0.371 e. The molecule has 0 aliphatic heterocycles. The lowest BCUT2D eigenvalue weighted by Crippen LogP contribution is -2.38. The number of likely N-dealkylation sites (N-methyl/N-ethyl adjacent to an activating group) is 1. The smallest absolute Gasteiger partial charge is 0.371 e. The molecule has 0 unspecified atom stereocenters. The van der Waals surface area contributed by atoms with Crippen molar-refractivity contribution < 1.29 is 19.1 Å². The van der Waals surface area contributed by atoms with E-state index in [0.29, 0.717) is 6.54 Å². The third kappa shape index (κ3) is 3.80. The molecule has 5 heteroatoms. The van der Waals surface area contributed by atoms with Gasteiger partial charge in [0.1, 0.15) is 0 Å². The van der Waals surface area contributed by atoms with E-state index in [0.717, 1.165) is 5.56 Å². The molecule has 1 aromatic heterocycles. The van der Waals surface area contributed by atoms with E-state index in [1.165, 1.54) is 17.7 Å². The van der Waals surface area contributed by atoms with Gasteiger partial charge in [0.05, 0.1) is 0 Å². The lowest BCUT2D eigenvalue weighted by Gasteiger charge is -2.30. The highest BCUT2D eigenvalue weighted by molar-refractivity contribution is 5.93. The number of benzene rings is 1. The summed E-state index contributed by atoms with van der Waals surface area (Å²) in [6, 6.07) is 10.9. The number of aromatic carboxylic acids is 1. The lowest BCUT2D eigenvalue weighted by molar-refractivity contribution is 0.0651. The number of carboxylic acids is 1. The number of carbonyl (C=O) groups excluding carboxylic acids is 1. The van der Waals surface area contributed by atoms with Crippen molar-refractivity contribution >= 4 is 11.9 Å². The highest BCUT2D eigenvalue weighted by Crippen LogP contribution is 2.25. The first kappa shape index (κ1) is 16.8. The fourth-order valence-electron chi connectivity index (χ4n) is 2.52. The van der Waals surface area contributed by atoms with Crippen LogP contribution in [0.15, 0.2) is 40.8 Å². The summed E-state index contributed by atoms with van der Waals surface area (Å²) in [6.45, 7) is 6.64. The molecule has 0 aliphatic carbocycles. The SMILES string of the molecule is Cc1ccc(C(C)(C)CN(C)C(=O)c2ccc(C(=O)O)o2)cc1. The highest BCUT2D eigenvalue weighted by Gasteiger charge is 2.26. The average molecular weight is 315 g/mol. The summed E-state index contributed by atoms with van der Waals surface area (Å²) in [4.78, 5) is 24.8. The Morgan fingerprint density at radius 2 is 1.65 bits per heavy atom. The molecule has 2 aromatic rings. The highest BCUT2D eigenvalue weighted by atomic mass is 16.4. The molecule has 1 heterocycles. The van der Waals surface area contributed by atoms with Crippen molar-refractivity contribution in [2.75, 3.05) is 13.6 Å². The van der Waals surface area contributed by atoms with Crippen LogP contribution in [0.2, 0.25) is 0 Å². The quantitative estimate of drug-likeness (QED) is 0.918. The summed E-state index contributed by atoms with van der Waals surface area (Å²) in [7, 11) is 1.68. The Morgan fingerprint density at radius 1 is 1.09 bits per heavy atom. The van der Waals surface area contributed by atoms with Crippen molar-refractivity contribution in [1.82, 2.24) is 4.90 Å². The fraction of sp³-hybridized carbons (Fsp3) is 0.333. The molecule has 0 atom stereocenters. The summed E-state index contributed by atoms with van der Waals surface area (Å²) >= 11 is 0. The molecule has 0 radical (unpaired) electrons. The minimum atomic E-state index is -1.19. The Kier molecular flexibility index (Phi) is 4.59. The van der Waals surface area contributed by atoms with E-state index in [4.69, 9.17) is 9.52 Å². The van der Waals surface area contributed by atoms with Gasteiger partial charge >= 0.3 is 5.97 Å². The van der Waals surface area contributed by atoms with Gasteiger partial charge in [0.25, 0.3) is 5.91 Å². The first-order chi connectivity index (χ1) is 10.7. The van der Waals surface area contributed by atoms with Gasteiger partial charge in [0.15, 0.2) is 5.76 Å². The van der Waals surface area contributed by atoms with Crippen LogP contribution in [0.3, 0.4) is 0 Å². The maximum atomic E-state index is 12.4. The minimum absolute atomic E-state index is 0.0320. The second kappa shape index (κ2) is 6.28. The topological polar surface area (TPSA) is 70.8 Å². The zero-order chi connectivity index (χ0) is 17.2. The van der Waals surface area contributed by atoms with Gasteiger partial charge in [0.2, 0.25) is 5.76 Å². The van der Waals surface area contributed by atoms with E-state index in [1.807, 2.05) is 19.1 Å². The van der Waals surface area contributed by atoms with E-state index in [9.17, 15) is 9.59 Å². The van der Waals surface area contributed by atoms with Gasteiger partial charge in [-0.05, 0) is 24.6 Å². The standard InChI is InChI=1S/C18H21NO4/c1-12-5-7-13(8-6-12)18(2,3)11-19(4)16(20)14-9-10-15(23-14)17(21)22/h5-10H,11H2,1-4H3,(H,21,22). The molecule has 23 heavy (non-hydrogen) atoms. The number of rotatable bonds is 5. The first-order valence-corrected chi connectivity index (χ1v) is 7.36. The van der Waals surface area contributed by atoms with Crippen LogP contribution in [0.5, 0.6) is 0 Å². The second-order valence-corrected chi connectivity index (χ2v) is 6.38. The zero-order valence-corrected chi connectivity index (χ0v) is 13.8. The van der Waals surface area contributed by atoms with E-state index in [1.54, 1.807) is 11.9 Å². The normalized spacial score (nSPS) is 11.3. The monoisotopic (exact) mass is 315 g/mol. The Balaban J connectivity index is 2.12. The van der Waals surface area contributed by atoms with Crippen LogP contribution in [0.4, 0.5) is 0 Å². The van der Waals surface area contributed by atoms with Gasteiger partial charge in [-0.1, -0.05) is 43.7 Å². The Morgan fingerprint density at radius 3 is 2.17 bits per heavy atom. The summed E-state index contributed by atoms with van der Waals surface area (Å²) in [5.41, 5.74) is 2.08. The van der Waals surface area contributed by atoms with Crippen molar-refractivity contribution in [3.8, 4) is 0 Å². The van der Waals surface area contributed by atoms with Gasteiger partial charge in [-0.15, -0.1) is 0 Å². The van der Waals surface area contributed by atoms with Crippen molar-refractivity contribution in [1.29, 1.82) is 0 Å². The number of nitrogens with zero attached hydrogens (tertiary/aromatic N) is 1. The molecule has 0 bridgehead atoms. The average Bonchev–Trinajstić information content (AvgIpc) is 2.96. The summed E-state index contributed by atoms with van der Waals surface area (Å²) in [5.74, 6) is -1.73. The summed E-state index contributed by atoms with van der Waals surface area (Å²) < 4.78 is 5.07. The molecule has 0 fully saturated rings. The predicted molar refractivity (Wildman–Crippen MR) is 86.8 cm³/mol.